The third kappa shape index (κ3) is 5.11. The molecule has 0 amide bonds. The Morgan fingerprint density at radius 2 is 2.08 bits per heavy atom. The van der Waals surface area contributed by atoms with Gasteiger partial charge in [0, 0.05) is 0 Å². The molecule has 0 fully saturated rings. The molecular formula is C7H7NO4V. The molecular weight excluding hydrogens is 213 g/mol. The summed E-state index contributed by atoms with van der Waals surface area (Å²) in [6, 6.07) is 0. The average Bonchev–Trinajstić information content (AvgIpc) is 2.02. The summed E-state index contributed by atoms with van der Waals surface area (Å²) in [7, 11) is 0. The minimum atomic E-state index is -1.33. The van der Waals surface area contributed by atoms with Crippen LogP contribution in [0, 0.1) is 10.1 Å². The zero-order chi connectivity index (χ0) is 10.4. The molecule has 0 saturated heterocycles. The van der Waals surface area contributed by atoms with Crippen LogP contribution in [-0.2, 0) is 21.8 Å². The Morgan fingerprint density at radius 1 is 1.54 bits per heavy atom. The molecule has 5 nitrogen and oxygen atoms in total. The number of nitro groups is 1. The van der Waals surface area contributed by atoms with Crippen molar-refractivity contribution in [2.45, 2.75) is 6.92 Å². The van der Waals surface area contributed by atoms with Crippen LogP contribution in [-0.4, -0.2) is 20.7 Å². The first kappa shape index (κ1) is 11.8. The van der Waals surface area contributed by atoms with E-state index < -0.39 is 16.6 Å². The van der Waals surface area contributed by atoms with Crippen LogP contribution in [0.25, 0.3) is 0 Å². The van der Waals surface area contributed by atoms with E-state index in [2.05, 4.69) is 17.0 Å². The molecule has 0 aliphatic heterocycles. The molecule has 0 heterocycles. The molecule has 1 N–H and O–H groups in total. The molecule has 69 valence electrons. The van der Waals surface area contributed by atoms with Gasteiger partial charge in [-0.25, -0.2) is 0 Å². The maximum absolute atomic E-state index is 10.3. The first-order valence-electron chi connectivity index (χ1n) is 3.22. The zero-order valence-corrected chi connectivity index (χ0v) is 8.20. The Bertz CT molecular complexity index is 306. The fraction of sp³-hybridized carbons (Fsp3) is 0.143. The van der Waals surface area contributed by atoms with E-state index in [0.717, 1.165) is 0 Å². The third-order valence-corrected chi connectivity index (χ3v) is 1.70. The number of nitrogens with zero attached hydrogens (tertiary/aromatic N) is 1. The summed E-state index contributed by atoms with van der Waals surface area (Å²) in [4.78, 5) is 19.7. The predicted octanol–water partition coefficient (Wildman–Crippen LogP) is 0.527. The van der Waals surface area contributed by atoms with Crippen molar-refractivity contribution >= 4 is 10.7 Å². The molecule has 0 aromatic carbocycles. The van der Waals surface area contributed by atoms with Crippen molar-refractivity contribution in [1.82, 2.24) is 0 Å². The van der Waals surface area contributed by atoms with E-state index in [-0.39, 0.29) is 0 Å². The van der Waals surface area contributed by atoms with E-state index in [4.69, 9.17) is 5.11 Å². The summed E-state index contributed by atoms with van der Waals surface area (Å²) in [6.45, 7) is 1.64. The Kier molecular flexibility index (Phi) is 4.95. The SMILES string of the molecule is C/C([CH]=[V])=C/C(=CC(=O)O)[N+](=O)[O-]. The van der Waals surface area contributed by atoms with Crippen LogP contribution in [0.1, 0.15) is 6.92 Å². The van der Waals surface area contributed by atoms with Gasteiger partial charge in [0.25, 0.3) is 0 Å². The molecule has 0 aromatic heterocycles. The number of hydrogen-bond acceptors (Lipinski definition) is 3. The van der Waals surface area contributed by atoms with E-state index in [0.29, 0.717) is 11.6 Å². The van der Waals surface area contributed by atoms with Gasteiger partial charge in [0.15, 0.2) is 0 Å². The van der Waals surface area contributed by atoms with Crippen molar-refractivity contribution in [2.75, 3.05) is 0 Å². The van der Waals surface area contributed by atoms with E-state index in [1.165, 1.54) is 6.08 Å². The second-order valence-electron chi connectivity index (χ2n) is 2.18. The number of hydrogen-bond donors (Lipinski definition) is 1. The van der Waals surface area contributed by atoms with Crippen molar-refractivity contribution in [3.05, 3.63) is 33.5 Å². The van der Waals surface area contributed by atoms with Gasteiger partial charge in [0.1, 0.15) is 0 Å². The minimum absolute atomic E-state index is 0.438. The van der Waals surface area contributed by atoms with Crippen LogP contribution in [0.15, 0.2) is 23.4 Å². The fourth-order valence-electron chi connectivity index (χ4n) is 0.544. The second kappa shape index (κ2) is 5.45. The molecule has 6 heteroatoms. The summed E-state index contributed by atoms with van der Waals surface area (Å²) >= 11 is 2.13. The van der Waals surface area contributed by atoms with Gasteiger partial charge in [0.2, 0.25) is 0 Å². The summed E-state index contributed by atoms with van der Waals surface area (Å²) in [5, 5.41) is 18.6. The number of carbonyl (C=O) groups is 1. The first-order chi connectivity index (χ1) is 5.97. The molecule has 0 aromatic rings. The van der Waals surface area contributed by atoms with E-state index >= 15 is 0 Å². The normalized spacial score (nSPS) is 12.3. The van der Waals surface area contributed by atoms with Crippen molar-refractivity contribution in [2.24, 2.45) is 0 Å². The van der Waals surface area contributed by atoms with E-state index in [1.807, 2.05) is 0 Å². The van der Waals surface area contributed by atoms with Crippen LogP contribution in [0.2, 0.25) is 0 Å². The molecule has 0 aliphatic carbocycles. The fourth-order valence-corrected chi connectivity index (χ4v) is 0.661. The Labute approximate surface area is 83.4 Å². The first-order valence-corrected chi connectivity index (χ1v) is 4.02. The molecule has 0 rings (SSSR count). The average molecular weight is 220 g/mol. The van der Waals surface area contributed by atoms with Crippen molar-refractivity contribution in [1.29, 1.82) is 0 Å². The Hall–Kier alpha value is -1.20. The van der Waals surface area contributed by atoms with E-state index in [9.17, 15) is 14.9 Å². The van der Waals surface area contributed by atoms with Crippen molar-refractivity contribution in [3.8, 4) is 0 Å². The number of aliphatic carboxylic acids is 1. The van der Waals surface area contributed by atoms with Crippen LogP contribution in [0.3, 0.4) is 0 Å². The van der Waals surface area contributed by atoms with Gasteiger partial charge in [-0.1, -0.05) is 0 Å². The van der Waals surface area contributed by atoms with Gasteiger partial charge < -0.3 is 0 Å². The Morgan fingerprint density at radius 3 is 2.38 bits per heavy atom. The number of allylic oxidation sites excluding steroid dienone is 2. The monoisotopic (exact) mass is 220 g/mol. The Balaban J connectivity index is 4.94. The number of carboxylic acid groups (broad SMARTS) is 1. The summed E-state index contributed by atoms with van der Waals surface area (Å²) in [5.74, 6) is -1.33. The number of rotatable bonds is 4. The zero-order valence-electron chi connectivity index (χ0n) is 6.80. The molecule has 0 bridgehead atoms. The van der Waals surface area contributed by atoms with Crippen LogP contribution >= 0.6 is 0 Å². The quantitative estimate of drug-likeness (QED) is 0.324. The molecule has 0 aliphatic rings. The molecule has 0 unspecified atom stereocenters. The summed E-state index contributed by atoms with van der Waals surface area (Å²) in [6.07, 6.45) is 1.74. The predicted molar refractivity (Wildman–Crippen MR) is 42.5 cm³/mol. The van der Waals surface area contributed by atoms with Gasteiger partial charge >= 0.3 is 83.0 Å². The molecule has 13 heavy (non-hydrogen) atoms. The molecule has 0 atom stereocenters. The summed E-state index contributed by atoms with van der Waals surface area (Å²) < 4.78 is 1.59. The van der Waals surface area contributed by atoms with Crippen molar-refractivity contribution < 1.29 is 31.8 Å². The van der Waals surface area contributed by atoms with Gasteiger partial charge in [-0.05, 0) is 0 Å². The van der Waals surface area contributed by atoms with Gasteiger partial charge in [-0.3, -0.25) is 0 Å². The van der Waals surface area contributed by atoms with Gasteiger partial charge in [0.05, 0.1) is 0 Å². The van der Waals surface area contributed by atoms with Gasteiger partial charge in [-0.2, -0.15) is 0 Å². The topological polar surface area (TPSA) is 80.4 Å². The summed E-state index contributed by atoms with van der Waals surface area (Å²) in [5.41, 5.74) is 0.177. The van der Waals surface area contributed by atoms with Crippen LogP contribution < -0.4 is 0 Å². The van der Waals surface area contributed by atoms with Gasteiger partial charge in [-0.15, -0.1) is 0 Å². The third-order valence-electron chi connectivity index (χ3n) is 1.06. The van der Waals surface area contributed by atoms with Crippen LogP contribution in [0.5, 0.6) is 0 Å². The van der Waals surface area contributed by atoms with Crippen molar-refractivity contribution in [3.63, 3.8) is 0 Å². The molecule has 0 saturated carbocycles. The second-order valence-corrected chi connectivity index (χ2v) is 2.59. The molecule has 0 radical (unpaired) electrons. The van der Waals surface area contributed by atoms with Crippen LogP contribution in [0.4, 0.5) is 0 Å². The maximum atomic E-state index is 10.3. The number of carboxylic acids is 1. The van der Waals surface area contributed by atoms with E-state index in [1.54, 1.807) is 11.7 Å². The molecule has 0 spiro atoms. The standard InChI is InChI=1S/C7H7NO4.V/c1-5(2)3-6(8(11)12)4-7(9)10;/h1,3-4H,2H3,(H,9,10);/b5-3+,6-4?;.